The summed E-state index contributed by atoms with van der Waals surface area (Å²) in [6.45, 7) is 3.28. The van der Waals surface area contributed by atoms with Crippen LogP contribution in [0.2, 0.25) is 0 Å². The van der Waals surface area contributed by atoms with Crippen LogP contribution in [0.3, 0.4) is 0 Å². The Hall–Kier alpha value is -3.21. The van der Waals surface area contributed by atoms with Crippen LogP contribution in [0.15, 0.2) is 67.0 Å². The van der Waals surface area contributed by atoms with Crippen molar-refractivity contribution in [1.82, 2.24) is 15.3 Å². The average Bonchev–Trinajstić information content (AvgIpc) is 2.72. The van der Waals surface area contributed by atoms with E-state index in [2.05, 4.69) is 38.4 Å². The molecule has 5 nitrogen and oxygen atoms in total. The third-order valence-electron chi connectivity index (χ3n) is 5.07. The highest BCUT2D eigenvalue weighted by molar-refractivity contribution is 5.95. The minimum Gasteiger partial charge on any atom is -0.350 e. The summed E-state index contributed by atoms with van der Waals surface area (Å²) in [6, 6.07) is 17.9. The Bertz CT molecular complexity index is 942. The molecular formula is C22H22N4O. The van der Waals surface area contributed by atoms with Crippen LogP contribution in [0.4, 0.5) is 5.95 Å². The summed E-state index contributed by atoms with van der Waals surface area (Å²) in [4.78, 5) is 23.7. The van der Waals surface area contributed by atoms with Gasteiger partial charge in [-0.05, 0) is 42.2 Å². The average molecular weight is 358 g/mol. The molecule has 0 spiro atoms. The molecule has 1 aromatic heterocycles. The van der Waals surface area contributed by atoms with Gasteiger partial charge in [-0.1, -0.05) is 42.5 Å². The van der Waals surface area contributed by atoms with E-state index < -0.39 is 0 Å². The van der Waals surface area contributed by atoms with Gasteiger partial charge in [-0.2, -0.15) is 0 Å². The molecule has 1 aliphatic rings. The monoisotopic (exact) mass is 358 g/mol. The van der Waals surface area contributed by atoms with Gasteiger partial charge >= 0.3 is 0 Å². The van der Waals surface area contributed by atoms with Gasteiger partial charge in [0.2, 0.25) is 5.95 Å². The van der Waals surface area contributed by atoms with Gasteiger partial charge < -0.3 is 10.2 Å². The molecule has 5 heteroatoms. The third-order valence-corrected chi connectivity index (χ3v) is 5.07. The number of benzene rings is 2. The Morgan fingerprint density at radius 1 is 1.07 bits per heavy atom. The van der Waals surface area contributed by atoms with Crippen molar-refractivity contribution in [3.8, 4) is 0 Å². The van der Waals surface area contributed by atoms with Crippen LogP contribution in [0.5, 0.6) is 0 Å². The summed E-state index contributed by atoms with van der Waals surface area (Å²) in [5.74, 6) is 0.646. The van der Waals surface area contributed by atoms with Gasteiger partial charge in [-0.25, -0.2) is 9.97 Å². The van der Waals surface area contributed by atoms with Gasteiger partial charge in [0.25, 0.3) is 5.91 Å². The maximum Gasteiger partial charge on any atom is 0.251 e. The van der Waals surface area contributed by atoms with Crippen LogP contribution in [0.1, 0.15) is 33.1 Å². The molecule has 2 heterocycles. The quantitative estimate of drug-likeness (QED) is 0.777. The summed E-state index contributed by atoms with van der Waals surface area (Å²) in [6.07, 6.45) is 4.45. The number of fused-ring (bicyclic) bond motifs is 1. The number of nitrogens with one attached hydrogen (secondary N) is 1. The molecule has 0 bridgehead atoms. The number of amides is 1. The topological polar surface area (TPSA) is 58.1 Å². The number of aromatic nitrogens is 2. The highest BCUT2D eigenvalue weighted by atomic mass is 16.1. The molecule has 27 heavy (non-hydrogen) atoms. The molecule has 2 aromatic carbocycles. The summed E-state index contributed by atoms with van der Waals surface area (Å²) < 4.78 is 0. The van der Waals surface area contributed by atoms with E-state index in [9.17, 15) is 4.79 Å². The molecule has 1 amide bonds. The van der Waals surface area contributed by atoms with Crippen molar-refractivity contribution in [2.45, 2.75) is 19.4 Å². The van der Waals surface area contributed by atoms with Crippen molar-refractivity contribution < 1.29 is 4.79 Å². The van der Waals surface area contributed by atoms with Crippen LogP contribution < -0.4 is 10.2 Å². The van der Waals surface area contributed by atoms with E-state index in [0.717, 1.165) is 18.5 Å². The normalized spacial score (nSPS) is 15.9. The van der Waals surface area contributed by atoms with Crippen molar-refractivity contribution in [1.29, 1.82) is 0 Å². The summed E-state index contributed by atoms with van der Waals surface area (Å²) >= 11 is 0. The largest absolute Gasteiger partial charge is 0.350 e. The second-order valence-corrected chi connectivity index (χ2v) is 6.73. The van der Waals surface area contributed by atoms with Crippen LogP contribution in [-0.2, 0) is 6.42 Å². The summed E-state index contributed by atoms with van der Waals surface area (Å²) in [5, 5.41) is 3.11. The van der Waals surface area contributed by atoms with Crippen molar-refractivity contribution in [2.75, 3.05) is 18.0 Å². The van der Waals surface area contributed by atoms with Crippen LogP contribution >= 0.6 is 0 Å². The lowest BCUT2D eigenvalue weighted by molar-refractivity contribution is 0.0950. The number of carbonyl (C=O) groups excluding carboxylic acids is 1. The van der Waals surface area contributed by atoms with Crippen molar-refractivity contribution >= 4 is 11.9 Å². The lowest BCUT2D eigenvalue weighted by Gasteiger charge is -2.37. The van der Waals surface area contributed by atoms with Gasteiger partial charge in [0.05, 0.1) is 6.04 Å². The number of anilines is 1. The molecule has 0 radical (unpaired) electrons. The second-order valence-electron chi connectivity index (χ2n) is 6.73. The van der Waals surface area contributed by atoms with E-state index in [4.69, 9.17) is 0 Å². The minimum atomic E-state index is -0.0508. The molecule has 0 fully saturated rings. The van der Waals surface area contributed by atoms with E-state index in [0.29, 0.717) is 18.1 Å². The number of carbonyl (C=O) groups is 1. The number of rotatable bonds is 4. The molecule has 136 valence electrons. The number of hydrogen-bond donors (Lipinski definition) is 1. The molecule has 1 atom stereocenters. The molecule has 3 aromatic rings. The molecule has 0 aliphatic carbocycles. The van der Waals surface area contributed by atoms with E-state index in [1.807, 2.05) is 43.3 Å². The first kappa shape index (κ1) is 17.2. The van der Waals surface area contributed by atoms with Gasteiger partial charge in [0.1, 0.15) is 0 Å². The van der Waals surface area contributed by atoms with Gasteiger partial charge in [-0.3, -0.25) is 4.79 Å². The first-order chi connectivity index (χ1) is 13.2. The molecule has 4 rings (SSSR count). The molecule has 0 saturated heterocycles. The van der Waals surface area contributed by atoms with E-state index in [1.165, 1.54) is 11.1 Å². The van der Waals surface area contributed by atoms with Gasteiger partial charge in [0.15, 0.2) is 0 Å². The third kappa shape index (κ3) is 3.53. The lowest BCUT2D eigenvalue weighted by atomic mass is 9.92. The Balaban J connectivity index is 1.60. The van der Waals surface area contributed by atoms with Crippen molar-refractivity contribution in [2.24, 2.45) is 0 Å². The lowest BCUT2D eigenvalue weighted by Crippen LogP contribution is -2.43. The van der Waals surface area contributed by atoms with Gasteiger partial charge in [0, 0.05) is 31.0 Å². The Morgan fingerprint density at radius 2 is 1.81 bits per heavy atom. The maximum absolute atomic E-state index is 12.7. The summed E-state index contributed by atoms with van der Waals surface area (Å²) in [7, 11) is 0. The fourth-order valence-corrected chi connectivity index (χ4v) is 3.66. The van der Waals surface area contributed by atoms with Crippen LogP contribution in [0, 0.1) is 6.92 Å². The molecular weight excluding hydrogens is 336 g/mol. The number of hydrogen-bond acceptors (Lipinski definition) is 4. The van der Waals surface area contributed by atoms with E-state index >= 15 is 0 Å². The zero-order valence-electron chi connectivity index (χ0n) is 15.3. The molecule has 1 aliphatic heterocycles. The zero-order chi connectivity index (χ0) is 18.6. The van der Waals surface area contributed by atoms with E-state index in [-0.39, 0.29) is 11.9 Å². The standard InChI is InChI=1S/C22H22N4O/c1-16-7-2-4-9-18(16)21(27)25-15-20-19-10-5-3-8-17(19)11-14-26(20)22-23-12-6-13-24-22/h2-10,12-13,20H,11,14-15H2,1H3,(H,25,27). The highest BCUT2D eigenvalue weighted by Gasteiger charge is 2.29. The van der Waals surface area contributed by atoms with Crippen LogP contribution in [-0.4, -0.2) is 29.0 Å². The Labute approximate surface area is 159 Å². The van der Waals surface area contributed by atoms with Crippen molar-refractivity contribution in [3.05, 3.63) is 89.2 Å². The van der Waals surface area contributed by atoms with Gasteiger partial charge in [-0.15, -0.1) is 0 Å². The van der Waals surface area contributed by atoms with E-state index in [1.54, 1.807) is 12.4 Å². The molecule has 0 saturated carbocycles. The molecule has 1 N–H and O–H groups in total. The Kier molecular flexibility index (Phi) is 4.83. The zero-order valence-corrected chi connectivity index (χ0v) is 15.3. The fourth-order valence-electron chi connectivity index (χ4n) is 3.66. The molecule has 1 unspecified atom stereocenters. The smallest absolute Gasteiger partial charge is 0.251 e. The number of nitrogens with zero attached hydrogens (tertiary/aromatic N) is 3. The number of aryl methyl sites for hydroxylation is 1. The highest BCUT2D eigenvalue weighted by Crippen LogP contribution is 2.31. The summed E-state index contributed by atoms with van der Waals surface area (Å²) in [5.41, 5.74) is 4.23. The van der Waals surface area contributed by atoms with Crippen molar-refractivity contribution in [3.63, 3.8) is 0 Å². The van der Waals surface area contributed by atoms with Crippen LogP contribution in [0.25, 0.3) is 0 Å². The SMILES string of the molecule is Cc1ccccc1C(=O)NCC1c2ccccc2CCN1c1ncccn1. The second kappa shape index (κ2) is 7.58. The first-order valence-corrected chi connectivity index (χ1v) is 9.19. The predicted molar refractivity (Wildman–Crippen MR) is 106 cm³/mol. The maximum atomic E-state index is 12.7. The first-order valence-electron chi connectivity index (χ1n) is 9.19. The Morgan fingerprint density at radius 3 is 2.63 bits per heavy atom. The minimum absolute atomic E-state index is 0.00492. The predicted octanol–water partition coefficient (Wildman–Crippen LogP) is 3.32. The fraction of sp³-hybridized carbons (Fsp3) is 0.227.